The van der Waals surface area contributed by atoms with Gasteiger partial charge in [0.15, 0.2) is 11.5 Å². The summed E-state index contributed by atoms with van der Waals surface area (Å²) in [5.74, 6) is -0.929. The Labute approximate surface area is 306 Å². The van der Waals surface area contributed by atoms with Crippen LogP contribution in [0.1, 0.15) is 57.6 Å². The van der Waals surface area contributed by atoms with Crippen LogP contribution in [0.15, 0.2) is 53.6 Å². The maximum absolute atomic E-state index is 13.7. The van der Waals surface area contributed by atoms with Gasteiger partial charge < -0.3 is 39.6 Å². The second-order valence-electron chi connectivity index (χ2n) is 13.9. The largest absolute Gasteiger partial charge is 0.489 e. The van der Waals surface area contributed by atoms with Gasteiger partial charge in [-0.25, -0.2) is 23.3 Å². The third-order valence-corrected chi connectivity index (χ3v) is 8.57. The Morgan fingerprint density at radius 3 is 2.29 bits per heavy atom. The summed E-state index contributed by atoms with van der Waals surface area (Å²) < 4.78 is 43.7. The van der Waals surface area contributed by atoms with Gasteiger partial charge in [-0.2, -0.15) is 0 Å². The topological polar surface area (TPSA) is 185 Å². The van der Waals surface area contributed by atoms with Gasteiger partial charge in [0.2, 0.25) is 0 Å². The van der Waals surface area contributed by atoms with Crippen molar-refractivity contribution in [3.8, 4) is 17.0 Å². The van der Waals surface area contributed by atoms with Crippen molar-refractivity contribution in [3.63, 3.8) is 0 Å². The fraction of sp³-hybridized carbons (Fsp3) is 0.472. The molecule has 0 radical (unpaired) electrons. The summed E-state index contributed by atoms with van der Waals surface area (Å²) in [6.45, 7) is 11.6. The van der Waals surface area contributed by atoms with Crippen LogP contribution in [-0.4, -0.2) is 106 Å². The molecule has 4 bridgehead atoms. The standard InChI is InChI=1S/C36H48N6O9S/c1-35(2,3)50-29(43)23-42-15-16-47-17-18-48-19-20-49-31-25(22-41(7)34(45)51-36(4,5)6)9-8-10-27(31)40-33(44)30-32(37)38-21-28(39-30)24-11-13-26(14-12-24)52(42)46/h8-14,21H,15-20,22-23H2,1-7H3,(H2,37,38)(H,40,44). The molecule has 282 valence electrons. The van der Waals surface area contributed by atoms with Crippen molar-refractivity contribution >= 4 is 40.5 Å². The van der Waals surface area contributed by atoms with Gasteiger partial charge in [-0.1, -0.05) is 24.3 Å². The first-order valence-electron chi connectivity index (χ1n) is 16.8. The molecule has 5 rings (SSSR count). The summed E-state index contributed by atoms with van der Waals surface area (Å²) in [6, 6.07) is 11.8. The minimum atomic E-state index is -1.73. The predicted molar refractivity (Wildman–Crippen MR) is 195 cm³/mol. The highest BCUT2D eigenvalue weighted by molar-refractivity contribution is 7.82. The van der Waals surface area contributed by atoms with Crippen molar-refractivity contribution < 1.29 is 42.3 Å². The van der Waals surface area contributed by atoms with E-state index in [1.165, 1.54) is 15.4 Å². The Kier molecular flexibility index (Phi) is 13.7. The van der Waals surface area contributed by atoms with E-state index >= 15 is 0 Å². The lowest BCUT2D eigenvalue weighted by atomic mass is 10.1. The third-order valence-electron chi connectivity index (χ3n) is 7.12. The number of carbonyl (C=O) groups excluding carboxylic acids is 3. The molecule has 16 heteroatoms. The Morgan fingerprint density at radius 1 is 0.962 bits per heavy atom. The highest BCUT2D eigenvalue weighted by Crippen LogP contribution is 2.31. The molecule has 0 spiro atoms. The molecule has 0 aliphatic carbocycles. The molecular weight excluding hydrogens is 692 g/mol. The zero-order valence-electron chi connectivity index (χ0n) is 30.7. The number of hydrogen-bond acceptors (Lipinski definition) is 12. The number of anilines is 2. The summed E-state index contributed by atoms with van der Waals surface area (Å²) in [5.41, 5.74) is 6.46. The second-order valence-corrected chi connectivity index (χ2v) is 15.4. The van der Waals surface area contributed by atoms with E-state index in [1.54, 1.807) is 91.1 Å². The first-order valence-corrected chi connectivity index (χ1v) is 17.9. The quantitative estimate of drug-likeness (QED) is 0.284. The number of carbonyl (C=O) groups is 3. The van der Waals surface area contributed by atoms with Crippen LogP contribution in [0, 0.1) is 0 Å². The van der Waals surface area contributed by atoms with Gasteiger partial charge in [0, 0.05) is 24.7 Å². The number of nitrogens with one attached hydrogen (secondary N) is 1. The van der Waals surface area contributed by atoms with E-state index in [9.17, 15) is 18.6 Å². The average molecular weight is 741 g/mol. The smallest absolute Gasteiger partial charge is 0.410 e. The molecule has 15 nitrogen and oxygen atoms in total. The average Bonchev–Trinajstić information content (AvgIpc) is 3.05. The molecule has 52 heavy (non-hydrogen) atoms. The number of amides is 2. The normalized spacial score (nSPS) is 16.7. The van der Waals surface area contributed by atoms with E-state index in [2.05, 4.69) is 15.3 Å². The number of hydrogen-bond donors (Lipinski definition) is 2. The van der Waals surface area contributed by atoms with Crippen molar-refractivity contribution in [2.45, 2.75) is 64.2 Å². The van der Waals surface area contributed by atoms with E-state index in [-0.39, 0.29) is 64.2 Å². The maximum Gasteiger partial charge on any atom is 0.410 e. The first kappa shape index (κ1) is 40.1. The Bertz CT molecular complexity index is 1740. The van der Waals surface area contributed by atoms with Crippen molar-refractivity contribution in [2.24, 2.45) is 0 Å². The van der Waals surface area contributed by atoms with Gasteiger partial charge in [0.25, 0.3) is 5.91 Å². The molecule has 1 aromatic heterocycles. The Balaban J connectivity index is 1.64. The summed E-state index contributed by atoms with van der Waals surface area (Å²) in [6.07, 6.45) is 0.910. The van der Waals surface area contributed by atoms with Crippen LogP contribution in [0.3, 0.4) is 0 Å². The number of esters is 1. The number of ether oxygens (including phenoxy) is 5. The third kappa shape index (κ3) is 12.0. The number of aromatic nitrogens is 2. The van der Waals surface area contributed by atoms with E-state index in [1.807, 2.05) is 0 Å². The predicted octanol–water partition coefficient (Wildman–Crippen LogP) is 4.44. The van der Waals surface area contributed by atoms with Gasteiger partial charge >= 0.3 is 12.1 Å². The van der Waals surface area contributed by atoms with E-state index < -0.39 is 40.2 Å². The van der Waals surface area contributed by atoms with Crippen molar-refractivity contribution in [2.75, 3.05) is 64.2 Å². The van der Waals surface area contributed by atoms with E-state index in [4.69, 9.17) is 29.4 Å². The monoisotopic (exact) mass is 740 g/mol. The van der Waals surface area contributed by atoms with Crippen LogP contribution in [0.5, 0.6) is 5.75 Å². The lowest BCUT2D eigenvalue weighted by Gasteiger charge is -2.25. The van der Waals surface area contributed by atoms with Crippen LogP contribution in [0.25, 0.3) is 11.3 Å². The molecule has 2 aliphatic heterocycles. The number of nitrogens with two attached hydrogens (primary N) is 1. The number of nitrogens with zero attached hydrogens (tertiary/aromatic N) is 4. The Morgan fingerprint density at radius 2 is 1.62 bits per heavy atom. The van der Waals surface area contributed by atoms with Crippen molar-refractivity contribution in [1.29, 1.82) is 0 Å². The van der Waals surface area contributed by atoms with Crippen LogP contribution >= 0.6 is 0 Å². The first-order chi connectivity index (χ1) is 24.5. The summed E-state index contributed by atoms with van der Waals surface area (Å²) in [5, 5.41) is 2.84. The molecule has 0 fully saturated rings. The minimum Gasteiger partial charge on any atom is -0.489 e. The molecule has 1 atom stereocenters. The minimum absolute atomic E-state index is 0.0925. The highest BCUT2D eigenvalue weighted by atomic mass is 32.2. The van der Waals surface area contributed by atoms with Crippen LogP contribution in [-0.2, 0) is 41.3 Å². The van der Waals surface area contributed by atoms with Gasteiger partial charge in [0.1, 0.15) is 41.1 Å². The van der Waals surface area contributed by atoms with Gasteiger partial charge in [-0.3, -0.25) is 9.59 Å². The highest BCUT2D eigenvalue weighted by Gasteiger charge is 2.25. The lowest BCUT2D eigenvalue weighted by Crippen LogP contribution is -2.38. The molecule has 3 aromatic rings. The zero-order valence-corrected chi connectivity index (χ0v) is 31.5. The van der Waals surface area contributed by atoms with Crippen LogP contribution < -0.4 is 15.8 Å². The van der Waals surface area contributed by atoms with Crippen LogP contribution in [0.2, 0.25) is 0 Å². The molecule has 3 N–H and O–H groups in total. The fourth-order valence-electron chi connectivity index (χ4n) is 4.84. The zero-order chi connectivity index (χ0) is 38.1. The summed E-state index contributed by atoms with van der Waals surface area (Å²) >= 11 is 0. The van der Waals surface area contributed by atoms with Crippen molar-refractivity contribution in [3.05, 3.63) is 59.9 Å². The van der Waals surface area contributed by atoms with Gasteiger partial charge in [-0.05, 0) is 59.7 Å². The summed E-state index contributed by atoms with van der Waals surface area (Å²) in [7, 11) is -0.129. The molecular formula is C36H48N6O9S. The molecule has 0 saturated carbocycles. The SMILES string of the molecule is CN(Cc1cccc2c1OCCOCCOCCN(CC(=O)OC(C)(C)C)S(=O)c1ccc(cc1)-c1cnc(N)c(n1)C(=O)N2)C(=O)OC(C)(C)C. The van der Waals surface area contributed by atoms with Crippen molar-refractivity contribution in [1.82, 2.24) is 19.2 Å². The summed E-state index contributed by atoms with van der Waals surface area (Å²) in [4.78, 5) is 49.7. The van der Waals surface area contributed by atoms with Gasteiger partial charge in [0.05, 0.1) is 55.4 Å². The van der Waals surface area contributed by atoms with Crippen LogP contribution in [0.4, 0.5) is 16.3 Å². The van der Waals surface area contributed by atoms with E-state index in [0.717, 1.165) is 0 Å². The maximum atomic E-state index is 13.7. The lowest BCUT2D eigenvalue weighted by molar-refractivity contribution is -0.155. The van der Waals surface area contributed by atoms with E-state index in [0.29, 0.717) is 33.2 Å². The Hall–Kier alpha value is -4.64. The number of nitrogen functional groups attached to an aromatic ring is 1. The van der Waals surface area contributed by atoms with Gasteiger partial charge in [-0.15, -0.1) is 0 Å². The fourth-order valence-corrected chi connectivity index (χ4v) is 5.97. The number of benzene rings is 2. The molecule has 3 heterocycles. The number of fused-ring (bicyclic) bond motifs is 13. The molecule has 2 aliphatic rings. The molecule has 0 saturated heterocycles. The molecule has 2 aromatic carbocycles. The number of rotatable bonds is 4. The molecule has 1 unspecified atom stereocenters. The molecule has 2 amide bonds. The second kappa shape index (κ2) is 17.7. The number of para-hydroxylation sites is 1.